The number of hydrogen-bond acceptors (Lipinski definition) is 5. The summed E-state index contributed by atoms with van der Waals surface area (Å²) in [6.45, 7) is 3.11. The monoisotopic (exact) mass is 302 g/mol. The number of benzene rings is 1. The maximum Gasteiger partial charge on any atom is 0.273 e. The summed E-state index contributed by atoms with van der Waals surface area (Å²) in [7, 11) is -3.75. The van der Waals surface area contributed by atoms with Crippen molar-refractivity contribution in [2.75, 3.05) is 6.54 Å². The molecule has 0 saturated carbocycles. The van der Waals surface area contributed by atoms with Gasteiger partial charge in [0.1, 0.15) is 0 Å². The standard InChI is InChI=1S/C12H18N2O5S/c1-3-12(2,15)9-13-20(18,19)8-10-6-4-5-7-11(10)14(16)17/h4-7,13,15H,3,8-9H2,1-2H3. The van der Waals surface area contributed by atoms with E-state index in [0.29, 0.717) is 6.42 Å². The molecule has 7 nitrogen and oxygen atoms in total. The number of nitrogens with one attached hydrogen (secondary N) is 1. The zero-order valence-corrected chi connectivity index (χ0v) is 12.2. The van der Waals surface area contributed by atoms with Crippen molar-refractivity contribution in [1.29, 1.82) is 0 Å². The molecule has 1 rings (SSSR count). The van der Waals surface area contributed by atoms with E-state index in [1.165, 1.54) is 25.1 Å². The van der Waals surface area contributed by atoms with E-state index in [9.17, 15) is 23.6 Å². The summed E-state index contributed by atoms with van der Waals surface area (Å²) >= 11 is 0. The largest absolute Gasteiger partial charge is 0.389 e. The number of nitro benzene ring substituents is 1. The molecule has 0 aliphatic carbocycles. The summed E-state index contributed by atoms with van der Waals surface area (Å²) in [6.07, 6.45) is 0.390. The fourth-order valence-electron chi connectivity index (χ4n) is 1.46. The second kappa shape index (κ2) is 6.29. The Kier molecular flexibility index (Phi) is 5.21. The average molecular weight is 302 g/mol. The van der Waals surface area contributed by atoms with Crippen LogP contribution in [0.4, 0.5) is 5.69 Å². The Morgan fingerprint density at radius 1 is 1.40 bits per heavy atom. The molecule has 112 valence electrons. The first-order chi connectivity index (χ1) is 9.17. The van der Waals surface area contributed by atoms with Gasteiger partial charge in [0.15, 0.2) is 0 Å². The maximum atomic E-state index is 11.9. The van der Waals surface area contributed by atoms with Crippen LogP contribution in [0.25, 0.3) is 0 Å². The van der Waals surface area contributed by atoms with Crippen LogP contribution in [0.1, 0.15) is 25.8 Å². The molecule has 0 bridgehead atoms. The number of hydrogen-bond donors (Lipinski definition) is 2. The lowest BCUT2D eigenvalue weighted by Crippen LogP contribution is -2.40. The van der Waals surface area contributed by atoms with Crippen molar-refractivity contribution in [2.24, 2.45) is 0 Å². The molecule has 0 heterocycles. The Balaban J connectivity index is 2.85. The molecule has 1 aromatic rings. The molecule has 0 spiro atoms. The molecule has 0 aromatic heterocycles. The second-order valence-electron chi connectivity index (χ2n) is 4.82. The summed E-state index contributed by atoms with van der Waals surface area (Å²) in [5.74, 6) is -0.496. The van der Waals surface area contributed by atoms with E-state index in [4.69, 9.17) is 0 Å². The summed E-state index contributed by atoms with van der Waals surface area (Å²) in [5, 5.41) is 20.6. The zero-order chi connectivity index (χ0) is 15.4. The van der Waals surface area contributed by atoms with Crippen LogP contribution < -0.4 is 4.72 Å². The quantitative estimate of drug-likeness (QED) is 0.580. The number of rotatable bonds is 7. The van der Waals surface area contributed by atoms with E-state index < -0.39 is 26.3 Å². The van der Waals surface area contributed by atoms with Gasteiger partial charge in [0.2, 0.25) is 10.0 Å². The van der Waals surface area contributed by atoms with Crippen LogP contribution in [0.5, 0.6) is 0 Å². The molecule has 1 unspecified atom stereocenters. The van der Waals surface area contributed by atoms with Crippen molar-refractivity contribution in [3.8, 4) is 0 Å². The second-order valence-corrected chi connectivity index (χ2v) is 6.62. The molecular weight excluding hydrogens is 284 g/mol. The van der Waals surface area contributed by atoms with E-state index in [1.807, 2.05) is 0 Å². The van der Waals surface area contributed by atoms with Gasteiger partial charge in [0.25, 0.3) is 5.69 Å². The van der Waals surface area contributed by atoms with Crippen LogP contribution in [-0.4, -0.2) is 30.6 Å². The Morgan fingerprint density at radius 2 is 2.00 bits per heavy atom. The van der Waals surface area contributed by atoms with Crippen LogP contribution >= 0.6 is 0 Å². The molecule has 0 fully saturated rings. The smallest absolute Gasteiger partial charge is 0.273 e. The third-order valence-electron chi connectivity index (χ3n) is 2.97. The third kappa shape index (κ3) is 4.87. The summed E-state index contributed by atoms with van der Waals surface area (Å²) in [6, 6.07) is 5.67. The first-order valence-corrected chi connectivity index (χ1v) is 7.74. The van der Waals surface area contributed by atoms with Crippen molar-refractivity contribution >= 4 is 15.7 Å². The van der Waals surface area contributed by atoms with Crippen LogP contribution in [0, 0.1) is 10.1 Å². The SMILES string of the molecule is CCC(C)(O)CNS(=O)(=O)Cc1ccccc1[N+](=O)[O-]. The van der Waals surface area contributed by atoms with Crippen LogP contribution in [0.15, 0.2) is 24.3 Å². The molecule has 0 aliphatic rings. The van der Waals surface area contributed by atoms with Crippen molar-refractivity contribution in [1.82, 2.24) is 4.72 Å². The van der Waals surface area contributed by atoms with Gasteiger partial charge in [-0.05, 0) is 13.3 Å². The number of nitro groups is 1. The number of nitrogens with zero attached hydrogens (tertiary/aromatic N) is 1. The first-order valence-electron chi connectivity index (χ1n) is 6.09. The lowest BCUT2D eigenvalue weighted by Gasteiger charge is -2.21. The molecule has 2 N–H and O–H groups in total. The van der Waals surface area contributed by atoms with Gasteiger partial charge in [0, 0.05) is 18.2 Å². The van der Waals surface area contributed by atoms with Crippen molar-refractivity contribution in [2.45, 2.75) is 31.6 Å². The first kappa shape index (κ1) is 16.5. The Morgan fingerprint density at radius 3 is 2.55 bits per heavy atom. The molecule has 20 heavy (non-hydrogen) atoms. The average Bonchev–Trinajstić information content (AvgIpc) is 2.37. The van der Waals surface area contributed by atoms with E-state index in [-0.39, 0.29) is 17.8 Å². The Bertz CT molecular complexity index is 583. The lowest BCUT2D eigenvalue weighted by molar-refractivity contribution is -0.385. The highest BCUT2D eigenvalue weighted by Gasteiger charge is 2.23. The molecule has 1 atom stereocenters. The molecule has 1 aromatic carbocycles. The fourth-order valence-corrected chi connectivity index (χ4v) is 2.74. The summed E-state index contributed by atoms with van der Waals surface area (Å²) in [5.41, 5.74) is -1.27. The summed E-state index contributed by atoms with van der Waals surface area (Å²) in [4.78, 5) is 10.2. The van der Waals surface area contributed by atoms with E-state index in [0.717, 1.165) is 0 Å². The van der Waals surface area contributed by atoms with Gasteiger partial charge < -0.3 is 5.11 Å². The predicted octanol–water partition coefficient (Wildman–Crippen LogP) is 1.18. The highest BCUT2D eigenvalue weighted by atomic mass is 32.2. The number of aliphatic hydroxyl groups is 1. The highest BCUT2D eigenvalue weighted by Crippen LogP contribution is 2.20. The number of para-hydroxylation sites is 1. The minimum absolute atomic E-state index is 0.112. The number of sulfonamides is 1. The molecular formula is C12H18N2O5S. The molecule has 0 aliphatic heterocycles. The van der Waals surface area contributed by atoms with Gasteiger partial charge in [-0.1, -0.05) is 25.1 Å². The van der Waals surface area contributed by atoms with Crippen molar-refractivity contribution in [3.63, 3.8) is 0 Å². The van der Waals surface area contributed by atoms with Crippen molar-refractivity contribution < 1.29 is 18.4 Å². The Labute approximate surface area is 117 Å². The maximum absolute atomic E-state index is 11.9. The van der Waals surface area contributed by atoms with Gasteiger partial charge in [0.05, 0.1) is 16.3 Å². The highest BCUT2D eigenvalue weighted by molar-refractivity contribution is 7.88. The topological polar surface area (TPSA) is 110 Å². The molecule has 0 amide bonds. The summed E-state index contributed by atoms with van der Waals surface area (Å²) < 4.78 is 26.0. The van der Waals surface area contributed by atoms with Gasteiger partial charge in [-0.15, -0.1) is 0 Å². The zero-order valence-electron chi connectivity index (χ0n) is 11.4. The van der Waals surface area contributed by atoms with Gasteiger partial charge in [-0.3, -0.25) is 10.1 Å². The van der Waals surface area contributed by atoms with Crippen LogP contribution in [-0.2, 0) is 15.8 Å². The fraction of sp³-hybridized carbons (Fsp3) is 0.500. The van der Waals surface area contributed by atoms with Gasteiger partial charge in [-0.2, -0.15) is 0 Å². The molecule has 0 saturated heterocycles. The third-order valence-corrected chi connectivity index (χ3v) is 4.24. The Hall–Kier alpha value is -1.51. The minimum atomic E-state index is -3.75. The predicted molar refractivity (Wildman–Crippen MR) is 74.6 cm³/mol. The van der Waals surface area contributed by atoms with Crippen LogP contribution in [0.3, 0.4) is 0 Å². The normalized spacial score (nSPS) is 14.8. The molecule has 0 radical (unpaired) electrons. The minimum Gasteiger partial charge on any atom is -0.389 e. The van der Waals surface area contributed by atoms with Crippen LogP contribution in [0.2, 0.25) is 0 Å². The van der Waals surface area contributed by atoms with E-state index in [1.54, 1.807) is 13.0 Å². The van der Waals surface area contributed by atoms with E-state index >= 15 is 0 Å². The van der Waals surface area contributed by atoms with Gasteiger partial charge in [-0.25, -0.2) is 13.1 Å². The lowest BCUT2D eigenvalue weighted by atomic mass is 10.1. The molecule has 8 heteroatoms. The van der Waals surface area contributed by atoms with Crippen molar-refractivity contribution in [3.05, 3.63) is 39.9 Å². The van der Waals surface area contributed by atoms with Gasteiger partial charge >= 0.3 is 0 Å². The van der Waals surface area contributed by atoms with E-state index in [2.05, 4.69) is 4.72 Å².